The summed E-state index contributed by atoms with van der Waals surface area (Å²) in [5.41, 5.74) is 1.04. The third kappa shape index (κ3) is 6.48. The highest BCUT2D eigenvalue weighted by Crippen LogP contribution is 2.41. The molecule has 38 heavy (non-hydrogen) atoms. The summed E-state index contributed by atoms with van der Waals surface area (Å²) in [6, 6.07) is 11.6. The largest absolute Gasteiger partial charge is 0.490 e. The van der Waals surface area contributed by atoms with Crippen molar-refractivity contribution in [2.24, 2.45) is 4.99 Å². The number of nitrogens with one attached hydrogen (secondary N) is 1. The summed E-state index contributed by atoms with van der Waals surface area (Å²) >= 11 is 0. The molecule has 2 amide bonds. The first kappa shape index (κ1) is 28.4. The molecule has 1 saturated carbocycles. The van der Waals surface area contributed by atoms with Crippen LogP contribution in [-0.2, 0) is 16.1 Å². The van der Waals surface area contributed by atoms with Crippen LogP contribution >= 0.6 is 0 Å². The van der Waals surface area contributed by atoms with Crippen molar-refractivity contribution in [3.63, 3.8) is 0 Å². The van der Waals surface area contributed by atoms with Gasteiger partial charge in [0.05, 0.1) is 12.6 Å². The molecule has 1 unspecified atom stereocenters. The summed E-state index contributed by atoms with van der Waals surface area (Å²) < 4.78 is 37.4. The number of amidine groups is 1. The fourth-order valence-corrected chi connectivity index (χ4v) is 6.14. The van der Waals surface area contributed by atoms with E-state index in [0.717, 1.165) is 44.8 Å². The number of likely N-dealkylation sites (tertiary alicyclic amines) is 1. The number of nitrogens with zero attached hydrogens (tertiary/aromatic N) is 3. The number of ether oxygens (including phenoxy) is 1. The maximum absolute atomic E-state index is 13.2. The molecule has 1 aliphatic carbocycles. The lowest BCUT2D eigenvalue weighted by Crippen LogP contribution is -2.65. The molecule has 1 spiro atoms. The van der Waals surface area contributed by atoms with Crippen LogP contribution in [0.2, 0.25) is 0 Å². The Hall–Kier alpha value is -2.66. The van der Waals surface area contributed by atoms with Gasteiger partial charge in [-0.3, -0.25) is 4.90 Å². The molecular weight excluding hydrogens is 501 g/mol. The Morgan fingerprint density at radius 1 is 1.18 bits per heavy atom. The lowest BCUT2D eigenvalue weighted by Gasteiger charge is -2.50. The number of carbonyl (C=O) groups is 2. The summed E-state index contributed by atoms with van der Waals surface area (Å²) in [6.07, 6.45) is 3.94. The second kappa shape index (κ2) is 12.0. The quantitative estimate of drug-likeness (QED) is 0.583. The number of hydrogen-bond donors (Lipinski definition) is 2. The number of aliphatic carboxylic acids is 1. The van der Waals surface area contributed by atoms with Gasteiger partial charge in [0.2, 0.25) is 0 Å². The number of halogens is 3. The average molecular weight is 539 g/mol. The van der Waals surface area contributed by atoms with Gasteiger partial charge in [0.15, 0.2) is 0 Å². The van der Waals surface area contributed by atoms with Crippen molar-refractivity contribution < 1.29 is 32.6 Å². The lowest BCUT2D eigenvalue weighted by atomic mass is 9.79. The molecule has 0 bridgehead atoms. The summed E-state index contributed by atoms with van der Waals surface area (Å²) in [5.74, 6) is -1.81. The highest BCUT2D eigenvalue weighted by Gasteiger charge is 2.55. The molecule has 1 aromatic carbocycles. The summed E-state index contributed by atoms with van der Waals surface area (Å²) in [5, 5.41) is 10.9. The zero-order chi connectivity index (χ0) is 27.3. The van der Waals surface area contributed by atoms with Gasteiger partial charge < -0.3 is 20.1 Å². The van der Waals surface area contributed by atoms with Crippen molar-refractivity contribution in [1.82, 2.24) is 15.1 Å². The van der Waals surface area contributed by atoms with E-state index >= 15 is 0 Å². The van der Waals surface area contributed by atoms with Crippen molar-refractivity contribution in [2.45, 2.75) is 94.7 Å². The van der Waals surface area contributed by atoms with Crippen LogP contribution in [0.15, 0.2) is 35.3 Å². The van der Waals surface area contributed by atoms with Crippen molar-refractivity contribution in [2.75, 3.05) is 19.8 Å². The highest BCUT2D eigenvalue weighted by molar-refractivity contribution is 6.07. The van der Waals surface area contributed by atoms with E-state index in [-0.39, 0.29) is 17.6 Å². The SMILES string of the molecule is C[C@@H]1C[C@@]2(CCN1Cc1ccccc1)C(NC1CCCCC1)=NC(=O)N2C1CCOC1.O=C(O)C(F)(F)F. The number of aliphatic imine (C=N–C) groups is 1. The molecule has 11 heteroatoms. The molecule has 0 radical (unpaired) electrons. The molecule has 3 atom stereocenters. The number of urea groups is 1. The Morgan fingerprint density at radius 2 is 1.87 bits per heavy atom. The van der Waals surface area contributed by atoms with Gasteiger partial charge in [0.25, 0.3) is 0 Å². The minimum Gasteiger partial charge on any atom is -0.475 e. The average Bonchev–Trinajstić information content (AvgIpc) is 3.48. The molecule has 0 aromatic heterocycles. The van der Waals surface area contributed by atoms with Crippen LogP contribution in [0.4, 0.5) is 18.0 Å². The number of carbonyl (C=O) groups excluding carboxylic acids is 1. The number of benzene rings is 1. The zero-order valence-electron chi connectivity index (χ0n) is 21.8. The standard InChI is InChI=1S/C25H36N4O2.C2HF3O2/c1-19-16-25(13-14-28(19)17-20-8-4-2-5-9-20)23(26-21-10-6-3-7-11-21)27-24(30)29(25)22-12-15-31-18-22;3-2(4,5)1(6)7/h2,4-5,8-9,19,21-22H,3,6-7,10-18H2,1H3,(H,26,27,30);(H,6,7)/t19-,22?,25+;/m1./s1. The van der Waals surface area contributed by atoms with Crippen LogP contribution in [0.5, 0.6) is 0 Å². The van der Waals surface area contributed by atoms with Crippen molar-refractivity contribution >= 4 is 17.8 Å². The van der Waals surface area contributed by atoms with Gasteiger partial charge in [0.1, 0.15) is 11.4 Å². The fraction of sp³-hybridized carbons (Fsp3) is 0.667. The van der Waals surface area contributed by atoms with Crippen LogP contribution in [0.3, 0.4) is 0 Å². The minimum absolute atomic E-state index is 0.0579. The van der Waals surface area contributed by atoms with E-state index in [0.29, 0.717) is 18.7 Å². The highest BCUT2D eigenvalue weighted by atomic mass is 19.4. The number of alkyl halides is 3. The molecule has 5 rings (SSSR count). The van der Waals surface area contributed by atoms with E-state index < -0.39 is 12.1 Å². The molecular formula is C27H37F3N4O4. The monoisotopic (exact) mass is 538 g/mol. The molecule has 1 aromatic rings. The summed E-state index contributed by atoms with van der Waals surface area (Å²) in [6.45, 7) is 5.63. The third-order valence-corrected chi connectivity index (χ3v) is 8.07. The lowest BCUT2D eigenvalue weighted by molar-refractivity contribution is -0.192. The second-order valence-electron chi connectivity index (χ2n) is 10.7. The van der Waals surface area contributed by atoms with E-state index in [2.05, 4.69) is 57.4 Å². The fourth-order valence-electron chi connectivity index (χ4n) is 6.14. The van der Waals surface area contributed by atoms with Gasteiger partial charge in [-0.15, -0.1) is 0 Å². The molecule has 4 aliphatic rings. The van der Waals surface area contributed by atoms with E-state index in [4.69, 9.17) is 14.6 Å². The van der Waals surface area contributed by atoms with Crippen molar-refractivity contribution in [1.29, 1.82) is 0 Å². The Kier molecular flexibility index (Phi) is 8.97. The van der Waals surface area contributed by atoms with Gasteiger partial charge in [-0.2, -0.15) is 18.2 Å². The smallest absolute Gasteiger partial charge is 0.475 e. The first-order valence-electron chi connectivity index (χ1n) is 13.4. The first-order valence-corrected chi connectivity index (χ1v) is 13.4. The van der Waals surface area contributed by atoms with Crippen LogP contribution in [0.25, 0.3) is 0 Å². The number of piperidine rings is 1. The van der Waals surface area contributed by atoms with E-state index in [1.807, 2.05) is 0 Å². The van der Waals surface area contributed by atoms with E-state index in [9.17, 15) is 18.0 Å². The van der Waals surface area contributed by atoms with Gasteiger partial charge >= 0.3 is 18.2 Å². The number of amides is 2. The summed E-state index contributed by atoms with van der Waals surface area (Å²) in [7, 11) is 0. The Labute approximate surface area is 221 Å². The molecule has 2 saturated heterocycles. The third-order valence-electron chi connectivity index (χ3n) is 8.07. The molecule has 8 nitrogen and oxygen atoms in total. The van der Waals surface area contributed by atoms with Gasteiger partial charge in [-0.05, 0) is 44.6 Å². The van der Waals surface area contributed by atoms with E-state index in [1.54, 1.807) is 0 Å². The molecule has 3 aliphatic heterocycles. The number of hydrogen-bond acceptors (Lipinski definition) is 5. The second-order valence-corrected chi connectivity index (χ2v) is 10.7. The Morgan fingerprint density at radius 3 is 2.45 bits per heavy atom. The normalized spacial score (nSPS) is 28.7. The van der Waals surface area contributed by atoms with Gasteiger partial charge in [-0.25, -0.2) is 9.59 Å². The van der Waals surface area contributed by atoms with Crippen molar-refractivity contribution in [3.8, 4) is 0 Å². The topological polar surface area (TPSA) is 94.5 Å². The minimum atomic E-state index is -5.08. The Bertz CT molecular complexity index is 994. The predicted octanol–water partition coefficient (Wildman–Crippen LogP) is 4.59. The zero-order valence-corrected chi connectivity index (χ0v) is 21.8. The maximum Gasteiger partial charge on any atom is 0.490 e. The summed E-state index contributed by atoms with van der Waals surface area (Å²) in [4.78, 5) is 31.4. The van der Waals surface area contributed by atoms with Crippen LogP contribution in [0, 0.1) is 0 Å². The van der Waals surface area contributed by atoms with Crippen LogP contribution in [0.1, 0.15) is 63.9 Å². The number of carboxylic acids is 1. The van der Waals surface area contributed by atoms with E-state index in [1.165, 1.54) is 37.7 Å². The molecule has 210 valence electrons. The first-order chi connectivity index (χ1) is 18.1. The number of rotatable bonds is 4. The Balaban J connectivity index is 0.000000426. The van der Waals surface area contributed by atoms with Crippen LogP contribution in [-0.4, -0.2) is 82.3 Å². The van der Waals surface area contributed by atoms with Crippen LogP contribution < -0.4 is 5.32 Å². The van der Waals surface area contributed by atoms with Crippen molar-refractivity contribution in [3.05, 3.63) is 35.9 Å². The van der Waals surface area contributed by atoms with Gasteiger partial charge in [-0.1, -0.05) is 49.6 Å². The molecule has 2 N–H and O–H groups in total. The molecule has 3 heterocycles. The molecule has 3 fully saturated rings. The van der Waals surface area contributed by atoms with Gasteiger partial charge in [0, 0.05) is 31.8 Å². The number of carboxylic acid groups (broad SMARTS) is 1. The predicted molar refractivity (Wildman–Crippen MR) is 136 cm³/mol. The maximum atomic E-state index is 13.2.